The Morgan fingerprint density at radius 2 is 2.05 bits per heavy atom. The van der Waals surface area contributed by atoms with Crippen molar-refractivity contribution in [2.24, 2.45) is 5.73 Å². The van der Waals surface area contributed by atoms with E-state index in [9.17, 15) is 10.1 Å². The summed E-state index contributed by atoms with van der Waals surface area (Å²) >= 11 is 5.88. The van der Waals surface area contributed by atoms with Gasteiger partial charge in [-0.05, 0) is 18.9 Å². The molecule has 7 nitrogen and oxygen atoms in total. The lowest BCUT2D eigenvalue weighted by molar-refractivity contribution is -0.384. The second kappa shape index (κ2) is 5.79. The summed E-state index contributed by atoms with van der Waals surface area (Å²) in [4.78, 5) is 14.6. The van der Waals surface area contributed by atoms with Crippen LogP contribution >= 0.6 is 11.6 Å². The molecule has 1 aromatic heterocycles. The van der Waals surface area contributed by atoms with Gasteiger partial charge in [0.15, 0.2) is 5.82 Å². The van der Waals surface area contributed by atoms with Gasteiger partial charge in [0.05, 0.1) is 10.5 Å². The molecule has 0 aliphatic carbocycles. The minimum absolute atomic E-state index is 0.137. The fourth-order valence-corrected chi connectivity index (χ4v) is 2.14. The molecule has 0 bridgehead atoms. The van der Waals surface area contributed by atoms with Crippen LogP contribution < -0.4 is 5.73 Å². The molecule has 0 spiro atoms. The van der Waals surface area contributed by atoms with E-state index in [0.29, 0.717) is 24.2 Å². The molecule has 0 saturated heterocycles. The summed E-state index contributed by atoms with van der Waals surface area (Å²) in [6, 6.07) is 4.12. The predicted octanol–water partition coefficient (Wildman–Crippen LogP) is 3.27. The second-order valence-corrected chi connectivity index (χ2v) is 5.18. The molecule has 2 rings (SSSR count). The highest BCUT2D eigenvalue weighted by Crippen LogP contribution is 2.30. The van der Waals surface area contributed by atoms with Crippen LogP contribution in [0.5, 0.6) is 0 Å². The van der Waals surface area contributed by atoms with E-state index >= 15 is 0 Å². The summed E-state index contributed by atoms with van der Waals surface area (Å²) in [7, 11) is 0. The lowest BCUT2D eigenvalue weighted by atomic mass is 9.93. The minimum atomic E-state index is -0.674. The first-order chi connectivity index (χ1) is 9.89. The Morgan fingerprint density at radius 1 is 1.38 bits per heavy atom. The van der Waals surface area contributed by atoms with Crippen molar-refractivity contribution in [2.45, 2.75) is 32.2 Å². The number of nitro benzene ring substituents is 1. The van der Waals surface area contributed by atoms with E-state index in [0.717, 1.165) is 0 Å². The van der Waals surface area contributed by atoms with Crippen molar-refractivity contribution >= 4 is 17.3 Å². The number of aromatic nitrogens is 2. The summed E-state index contributed by atoms with van der Waals surface area (Å²) < 4.78 is 5.17. The van der Waals surface area contributed by atoms with Gasteiger partial charge in [-0.25, -0.2) is 0 Å². The first kappa shape index (κ1) is 15.4. The van der Waals surface area contributed by atoms with Crippen LogP contribution in [0.4, 0.5) is 5.69 Å². The van der Waals surface area contributed by atoms with Crippen molar-refractivity contribution in [3.05, 3.63) is 39.2 Å². The van der Waals surface area contributed by atoms with Gasteiger partial charge >= 0.3 is 0 Å². The summed E-state index contributed by atoms with van der Waals surface area (Å²) in [5.74, 6) is 0.539. The molecule has 1 aromatic carbocycles. The summed E-state index contributed by atoms with van der Waals surface area (Å²) in [5.41, 5.74) is 5.78. The van der Waals surface area contributed by atoms with E-state index < -0.39 is 10.5 Å². The monoisotopic (exact) mass is 310 g/mol. The zero-order chi connectivity index (χ0) is 15.6. The largest absolute Gasteiger partial charge is 0.334 e. The Hall–Kier alpha value is -1.99. The highest BCUT2D eigenvalue weighted by atomic mass is 35.5. The van der Waals surface area contributed by atoms with Crippen molar-refractivity contribution in [3.63, 3.8) is 0 Å². The SMILES string of the molecule is CCC(N)(CC)c1noc(-c2cc(Cl)cc([N+](=O)[O-])c2)n1. The first-order valence-electron chi connectivity index (χ1n) is 6.48. The van der Waals surface area contributed by atoms with Gasteiger partial charge in [-0.15, -0.1) is 0 Å². The fourth-order valence-electron chi connectivity index (χ4n) is 1.91. The van der Waals surface area contributed by atoms with Crippen LogP contribution in [0.3, 0.4) is 0 Å². The topological polar surface area (TPSA) is 108 Å². The Balaban J connectivity index is 2.45. The standard InChI is InChI=1S/C13H15ClN4O3/c1-3-13(15,4-2)12-16-11(21-17-12)8-5-9(14)7-10(6-8)18(19)20/h5-7H,3-4,15H2,1-2H3. The Labute approximate surface area is 126 Å². The fraction of sp³-hybridized carbons (Fsp3) is 0.385. The third kappa shape index (κ3) is 3.03. The van der Waals surface area contributed by atoms with E-state index in [1.165, 1.54) is 18.2 Å². The van der Waals surface area contributed by atoms with Gasteiger partial charge in [-0.3, -0.25) is 10.1 Å². The van der Waals surface area contributed by atoms with Gasteiger partial charge in [0.2, 0.25) is 0 Å². The molecule has 0 saturated carbocycles. The van der Waals surface area contributed by atoms with Gasteiger partial charge in [0, 0.05) is 22.7 Å². The van der Waals surface area contributed by atoms with Gasteiger partial charge in [0.25, 0.3) is 11.6 Å². The zero-order valence-electron chi connectivity index (χ0n) is 11.7. The van der Waals surface area contributed by atoms with Gasteiger partial charge in [-0.2, -0.15) is 4.98 Å². The molecule has 0 atom stereocenters. The summed E-state index contributed by atoms with van der Waals surface area (Å²) in [6.07, 6.45) is 1.30. The van der Waals surface area contributed by atoms with Crippen LogP contribution in [0, 0.1) is 10.1 Å². The molecule has 0 radical (unpaired) electrons. The maximum absolute atomic E-state index is 10.9. The number of benzene rings is 1. The lowest BCUT2D eigenvalue weighted by Crippen LogP contribution is -2.36. The van der Waals surface area contributed by atoms with E-state index in [1.54, 1.807) is 0 Å². The minimum Gasteiger partial charge on any atom is -0.334 e. The van der Waals surface area contributed by atoms with Crippen LogP contribution in [0.25, 0.3) is 11.5 Å². The van der Waals surface area contributed by atoms with Crippen molar-refractivity contribution in [3.8, 4) is 11.5 Å². The molecule has 2 aromatic rings. The average Bonchev–Trinajstić information content (AvgIpc) is 2.96. The lowest BCUT2D eigenvalue weighted by Gasteiger charge is -2.21. The molecule has 112 valence electrons. The molecular weight excluding hydrogens is 296 g/mol. The van der Waals surface area contributed by atoms with Crippen LogP contribution in [0.1, 0.15) is 32.5 Å². The number of nitrogens with zero attached hydrogens (tertiary/aromatic N) is 3. The van der Waals surface area contributed by atoms with E-state index in [-0.39, 0.29) is 16.6 Å². The van der Waals surface area contributed by atoms with Gasteiger partial charge in [-0.1, -0.05) is 30.6 Å². The maximum Gasteiger partial charge on any atom is 0.271 e. The maximum atomic E-state index is 10.9. The van der Waals surface area contributed by atoms with Crippen molar-refractivity contribution in [1.82, 2.24) is 10.1 Å². The molecule has 1 heterocycles. The molecule has 2 N–H and O–H groups in total. The summed E-state index contributed by atoms with van der Waals surface area (Å²) in [6.45, 7) is 3.87. The van der Waals surface area contributed by atoms with Crippen LogP contribution in [-0.2, 0) is 5.54 Å². The van der Waals surface area contributed by atoms with Crippen molar-refractivity contribution in [2.75, 3.05) is 0 Å². The highest BCUT2D eigenvalue weighted by molar-refractivity contribution is 6.31. The number of hydrogen-bond acceptors (Lipinski definition) is 6. The van der Waals surface area contributed by atoms with E-state index in [2.05, 4.69) is 10.1 Å². The van der Waals surface area contributed by atoms with Crippen LogP contribution in [0.2, 0.25) is 5.02 Å². The zero-order valence-corrected chi connectivity index (χ0v) is 12.4. The van der Waals surface area contributed by atoms with Crippen LogP contribution in [0.15, 0.2) is 22.7 Å². The third-order valence-electron chi connectivity index (χ3n) is 3.47. The van der Waals surface area contributed by atoms with Crippen molar-refractivity contribution in [1.29, 1.82) is 0 Å². The number of rotatable bonds is 5. The first-order valence-corrected chi connectivity index (χ1v) is 6.86. The molecular formula is C13H15ClN4O3. The van der Waals surface area contributed by atoms with Gasteiger partial charge < -0.3 is 10.3 Å². The Morgan fingerprint density at radius 3 is 2.62 bits per heavy atom. The van der Waals surface area contributed by atoms with Crippen molar-refractivity contribution < 1.29 is 9.45 Å². The molecule has 8 heteroatoms. The molecule has 0 fully saturated rings. The number of nitro groups is 1. The molecule has 0 aliphatic rings. The molecule has 21 heavy (non-hydrogen) atoms. The van der Waals surface area contributed by atoms with Gasteiger partial charge in [0.1, 0.15) is 0 Å². The average molecular weight is 311 g/mol. The Kier molecular flexibility index (Phi) is 4.24. The van der Waals surface area contributed by atoms with E-state index in [1.807, 2.05) is 13.8 Å². The Bertz CT molecular complexity index is 667. The highest BCUT2D eigenvalue weighted by Gasteiger charge is 2.29. The molecule has 0 unspecified atom stereocenters. The summed E-state index contributed by atoms with van der Waals surface area (Å²) in [5, 5.41) is 15.0. The molecule has 0 aliphatic heterocycles. The van der Waals surface area contributed by atoms with Crippen LogP contribution in [-0.4, -0.2) is 15.1 Å². The number of halogens is 1. The quantitative estimate of drug-likeness (QED) is 0.670. The third-order valence-corrected chi connectivity index (χ3v) is 3.69. The second-order valence-electron chi connectivity index (χ2n) is 4.74. The normalized spacial score (nSPS) is 11.6. The number of nitrogens with two attached hydrogens (primary N) is 1. The van der Waals surface area contributed by atoms with E-state index in [4.69, 9.17) is 21.9 Å². The molecule has 0 amide bonds. The predicted molar refractivity (Wildman–Crippen MR) is 77.8 cm³/mol. The number of non-ortho nitro benzene ring substituents is 1. The smallest absolute Gasteiger partial charge is 0.271 e. The number of hydrogen-bond donors (Lipinski definition) is 1.